The molecule has 3 N–H and O–H groups in total. The summed E-state index contributed by atoms with van der Waals surface area (Å²) in [6, 6.07) is 8.48. The molecule has 1 aromatic carbocycles. The van der Waals surface area contributed by atoms with Crippen LogP contribution in [0.5, 0.6) is 0 Å². The van der Waals surface area contributed by atoms with Gasteiger partial charge in [-0.1, -0.05) is 45.5 Å². The van der Waals surface area contributed by atoms with Crippen LogP contribution in [0.2, 0.25) is 0 Å². The Morgan fingerprint density at radius 3 is 2.12 bits per heavy atom. The minimum absolute atomic E-state index is 0. The van der Waals surface area contributed by atoms with Crippen molar-refractivity contribution in [2.45, 2.75) is 40.7 Å². The molecule has 2 nitrogen and oxygen atoms in total. The summed E-state index contributed by atoms with van der Waals surface area (Å²) < 4.78 is 0. The average molecular weight is 236 g/mol. The van der Waals surface area contributed by atoms with Crippen molar-refractivity contribution in [3.63, 3.8) is 0 Å². The number of rotatable bonds is 0. The Hall–Kier alpha value is -1.28. The van der Waals surface area contributed by atoms with E-state index in [1.807, 2.05) is 20.0 Å². The molecule has 98 valence electrons. The van der Waals surface area contributed by atoms with Crippen LogP contribution >= 0.6 is 0 Å². The lowest BCUT2D eigenvalue weighted by molar-refractivity contribution is 0.461. The second-order valence-electron chi connectivity index (χ2n) is 3.69. The molecular formula is C15H28N2. The van der Waals surface area contributed by atoms with Crippen molar-refractivity contribution >= 4 is 6.08 Å². The number of benzene rings is 1. The van der Waals surface area contributed by atoms with E-state index < -0.39 is 0 Å². The van der Waals surface area contributed by atoms with Crippen LogP contribution in [0.1, 0.15) is 46.2 Å². The largest absolute Gasteiger partial charge is 0.382 e. The number of hydrogen-bond donors (Lipinski definition) is 2. The molecule has 1 aromatic rings. The molecule has 0 radical (unpaired) electrons. The Morgan fingerprint density at radius 1 is 1.06 bits per heavy atom. The van der Waals surface area contributed by atoms with E-state index in [2.05, 4.69) is 55.2 Å². The first-order chi connectivity index (χ1) is 7.70. The standard InChI is InChI=1S/C11H13N.C2H6.CH5N.CH4/c1-11(2)10-6-4-3-5-9(10)7-8-12-11;2*1-2;/h3-8,12H,1-2H3;1-2H3;2H2,1H3;1H4. The lowest BCUT2D eigenvalue weighted by Gasteiger charge is -2.30. The summed E-state index contributed by atoms with van der Waals surface area (Å²) in [4.78, 5) is 0. The third kappa shape index (κ3) is 4.61. The van der Waals surface area contributed by atoms with Gasteiger partial charge in [0.05, 0.1) is 5.54 Å². The van der Waals surface area contributed by atoms with Crippen molar-refractivity contribution in [1.29, 1.82) is 0 Å². The zero-order chi connectivity index (χ0) is 12.6. The molecular weight excluding hydrogens is 208 g/mol. The monoisotopic (exact) mass is 236 g/mol. The molecule has 0 unspecified atom stereocenters. The first-order valence-electron chi connectivity index (χ1n) is 5.82. The topological polar surface area (TPSA) is 38.0 Å². The maximum atomic E-state index is 4.50. The van der Waals surface area contributed by atoms with Gasteiger partial charge >= 0.3 is 0 Å². The summed E-state index contributed by atoms with van der Waals surface area (Å²) in [5.74, 6) is 0. The van der Waals surface area contributed by atoms with Gasteiger partial charge in [0.25, 0.3) is 0 Å². The van der Waals surface area contributed by atoms with Gasteiger partial charge in [-0.05, 0) is 44.3 Å². The molecule has 2 heteroatoms. The molecule has 1 aliphatic rings. The van der Waals surface area contributed by atoms with Gasteiger partial charge in [0, 0.05) is 0 Å². The van der Waals surface area contributed by atoms with Gasteiger partial charge in [-0.25, -0.2) is 0 Å². The number of fused-ring (bicyclic) bond motifs is 1. The Labute approximate surface area is 107 Å². The van der Waals surface area contributed by atoms with E-state index in [4.69, 9.17) is 0 Å². The Balaban J connectivity index is 0. The molecule has 0 amide bonds. The minimum Gasteiger partial charge on any atom is -0.382 e. The first kappa shape index (κ1) is 18.1. The molecule has 0 fully saturated rings. The molecule has 0 spiro atoms. The van der Waals surface area contributed by atoms with E-state index in [9.17, 15) is 0 Å². The maximum absolute atomic E-state index is 4.50. The summed E-state index contributed by atoms with van der Waals surface area (Å²) in [5.41, 5.74) is 7.26. The zero-order valence-electron chi connectivity index (χ0n) is 11.0. The van der Waals surface area contributed by atoms with Crippen LogP contribution in [0.25, 0.3) is 6.08 Å². The average Bonchev–Trinajstić information content (AvgIpc) is 2.34. The summed E-state index contributed by atoms with van der Waals surface area (Å²) in [6.07, 6.45) is 4.13. The van der Waals surface area contributed by atoms with Crippen molar-refractivity contribution < 1.29 is 0 Å². The fourth-order valence-electron chi connectivity index (χ4n) is 1.63. The molecule has 0 atom stereocenters. The van der Waals surface area contributed by atoms with Gasteiger partial charge in [-0.3, -0.25) is 0 Å². The van der Waals surface area contributed by atoms with Crippen LogP contribution in [0.3, 0.4) is 0 Å². The van der Waals surface area contributed by atoms with E-state index in [0.29, 0.717) is 0 Å². The van der Waals surface area contributed by atoms with Crippen LogP contribution in [-0.4, -0.2) is 7.05 Å². The molecule has 1 aliphatic heterocycles. The summed E-state index contributed by atoms with van der Waals surface area (Å²) in [6.45, 7) is 8.38. The lowest BCUT2D eigenvalue weighted by Crippen LogP contribution is -2.35. The number of nitrogens with two attached hydrogens (primary N) is 1. The molecule has 2 rings (SSSR count). The van der Waals surface area contributed by atoms with Gasteiger partial charge < -0.3 is 11.1 Å². The Bertz CT molecular complexity index is 327. The predicted molar refractivity (Wildman–Crippen MR) is 79.8 cm³/mol. The fourth-order valence-corrected chi connectivity index (χ4v) is 1.63. The highest BCUT2D eigenvalue weighted by molar-refractivity contribution is 5.58. The number of nitrogens with one attached hydrogen (secondary N) is 1. The van der Waals surface area contributed by atoms with E-state index in [1.54, 1.807) is 0 Å². The SMILES string of the molecule is C.CC.CC1(C)NC=Cc2ccccc21.CN. The summed E-state index contributed by atoms with van der Waals surface area (Å²) in [7, 11) is 1.50. The van der Waals surface area contributed by atoms with Crippen LogP contribution in [0.15, 0.2) is 30.5 Å². The van der Waals surface area contributed by atoms with Crippen molar-refractivity contribution in [3.05, 3.63) is 41.6 Å². The lowest BCUT2D eigenvalue weighted by atomic mass is 9.88. The van der Waals surface area contributed by atoms with Gasteiger partial charge in [-0.15, -0.1) is 0 Å². The number of hydrogen-bond acceptors (Lipinski definition) is 2. The molecule has 0 saturated carbocycles. The Morgan fingerprint density at radius 2 is 1.59 bits per heavy atom. The van der Waals surface area contributed by atoms with E-state index >= 15 is 0 Å². The second kappa shape index (κ2) is 8.82. The van der Waals surface area contributed by atoms with Gasteiger partial charge in [-0.2, -0.15) is 0 Å². The third-order valence-corrected chi connectivity index (χ3v) is 2.34. The van der Waals surface area contributed by atoms with Crippen molar-refractivity contribution in [1.82, 2.24) is 5.32 Å². The highest BCUT2D eigenvalue weighted by atomic mass is 14.9. The van der Waals surface area contributed by atoms with E-state index in [-0.39, 0.29) is 13.0 Å². The summed E-state index contributed by atoms with van der Waals surface area (Å²) in [5, 5.41) is 3.33. The van der Waals surface area contributed by atoms with Gasteiger partial charge in [0.2, 0.25) is 0 Å². The Kier molecular flexibility index (Phi) is 9.39. The van der Waals surface area contributed by atoms with Crippen LogP contribution in [0.4, 0.5) is 0 Å². The smallest absolute Gasteiger partial charge is 0.0569 e. The highest BCUT2D eigenvalue weighted by Crippen LogP contribution is 2.27. The molecule has 1 heterocycles. The van der Waals surface area contributed by atoms with Crippen LogP contribution in [-0.2, 0) is 5.54 Å². The molecule has 0 aromatic heterocycles. The minimum atomic E-state index is 0. The van der Waals surface area contributed by atoms with Crippen molar-refractivity contribution in [2.24, 2.45) is 5.73 Å². The predicted octanol–water partition coefficient (Wildman–Crippen LogP) is 3.73. The van der Waals surface area contributed by atoms with E-state index in [0.717, 1.165) is 0 Å². The van der Waals surface area contributed by atoms with Crippen molar-refractivity contribution in [2.75, 3.05) is 7.05 Å². The van der Waals surface area contributed by atoms with Gasteiger partial charge in [0.15, 0.2) is 0 Å². The molecule has 0 aliphatic carbocycles. The van der Waals surface area contributed by atoms with Crippen LogP contribution < -0.4 is 11.1 Å². The van der Waals surface area contributed by atoms with Crippen LogP contribution in [0, 0.1) is 0 Å². The fraction of sp³-hybridized carbons (Fsp3) is 0.467. The molecule has 0 saturated heterocycles. The maximum Gasteiger partial charge on any atom is 0.0569 e. The molecule has 17 heavy (non-hydrogen) atoms. The molecule has 0 bridgehead atoms. The van der Waals surface area contributed by atoms with E-state index in [1.165, 1.54) is 18.2 Å². The first-order valence-corrected chi connectivity index (χ1v) is 5.82. The van der Waals surface area contributed by atoms with Gasteiger partial charge in [0.1, 0.15) is 0 Å². The third-order valence-electron chi connectivity index (χ3n) is 2.34. The summed E-state index contributed by atoms with van der Waals surface area (Å²) >= 11 is 0. The quantitative estimate of drug-likeness (QED) is 0.720. The van der Waals surface area contributed by atoms with Crippen molar-refractivity contribution in [3.8, 4) is 0 Å². The zero-order valence-corrected chi connectivity index (χ0v) is 11.0. The highest BCUT2D eigenvalue weighted by Gasteiger charge is 2.22. The second-order valence-corrected chi connectivity index (χ2v) is 3.69. The normalized spacial score (nSPS) is 13.5.